The highest BCUT2D eigenvalue weighted by atomic mass is 32.2. The van der Waals surface area contributed by atoms with Gasteiger partial charge in [-0.15, -0.1) is 0 Å². The van der Waals surface area contributed by atoms with Crippen LogP contribution in [0, 0.1) is 11.7 Å². The molecule has 1 saturated heterocycles. The molecule has 6 nitrogen and oxygen atoms in total. The molecule has 2 fully saturated rings. The van der Waals surface area contributed by atoms with E-state index < -0.39 is 33.5 Å². The quantitative estimate of drug-likeness (QED) is 0.600. The van der Waals surface area contributed by atoms with E-state index >= 15 is 0 Å². The summed E-state index contributed by atoms with van der Waals surface area (Å²) in [6.45, 7) is 2.90. The van der Waals surface area contributed by atoms with E-state index in [1.54, 1.807) is 4.31 Å². The van der Waals surface area contributed by atoms with Crippen LogP contribution in [-0.2, 0) is 16.2 Å². The first-order valence-electron chi connectivity index (χ1n) is 10.3. The molecule has 0 spiro atoms. The van der Waals surface area contributed by atoms with Crippen molar-refractivity contribution in [2.45, 2.75) is 37.9 Å². The number of rotatable bonds is 8. The summed E-state index contributed by atoms with van der Waals surface area (Å²) in [6, 6.07) is 1.93. The summed E-state index contributed by atoms with van der Waals surface area (Å²) in [5, 5.41) is 2.60. The van der Waals surface area contributed by atoms with Crippen molar-refractivity contribution in [1.29, 1.82) is 0 Å². The molecular formula is C20H27F4N3O3S. The second kappa shape index (κ2) is 9.41. The van der Waals surface area contributed by atoms with Crippen LogP contribution in [0.5, 0.6) is 0 Å². The van der Waals surface area contributed by atoms with Crippen molar-refractivity contribution in [1.82, 2.24) is 14.5 Å². The van der Waals surface area contributed by atoms with Gasteiger partial charge in [-0.05, 0) is 62.9 Å². The van der Waals surface area contributed by atoms with Gasteiger partial charge in [0.05, 0.1) is 11.8 Å². The normalized spacial score (nSPS) is 19.0. The lowest BCUT2D eigenvalue weighted by atomic mass is 9.96. The van der Waals surface area contributed by atoms with Crippen LogP contribution in [0.15, 0.2) is 18.2 Å². The van der Waals surface area contributed by atoms with Gasteiger partial charge >= 0.3 is 6.18 Å². The molecule has 1 aromatic carbocycles. The summed E-state index contributed by atoms with van der Waals surface area (Å²) < 4.78 is 77.2. The van der Waals surface area contributed by atoms with Crippen molar-refractivity contribution in [2.24, 2.45) is 5.92 Å². The van der Waals surface area contributed by atoms with Crippen LogP contribution in [0.25, 0.3) is 0 Å². The summed E-state index contributed by atoms with van der Waals surface area (Å²) in [7, 11) is -3.21. The zero-order valence-electron chi connectivity index (χ0n) is 17.3. The van der Waals surface area contributed by atoms with Crippen molar-refractivity contribution in [3.8, 4) is 0 Å². The number of nitrogens with one attached hydrogen (secondary N) is 1. The number of alkyl halides is 3. The predicted octanol–water partition coefficient (Wildman–Crippen LogP) is 2.71. The van der Waals surface area contributed by atoms with Gasteiger partial charge < -0.3 is 10.2 Å². The van der Waals surface area contributed by atoms with Crippen molar-refractivity contribution in [3.05, 3.63) is 35.1 Å². The number of carbonyl (C=O) groups excluding carboxylic acids is 1. The molecule has 0 unspecified atom stereocenters. The van der Waals surface area contributed by atoms with Crippen LogP contribution in [0.4, 0.5) is 17.6 Å². The van der Waals surface area contributed by atoms with Crippen LogP contribution < -0.4 is 5.32 Å². The second-order valence-electron chi connectivity index (χ2n) is 8.33. The van der Waals surface area contributed by atoms with E-state index in [9.17, 15) is 30.8 Å². The molecule has 3 rings (SSSR count). The zero-order chi connectivity index (χ0) is 22.8. The maximum atomic E-state index is 13.5. The van der Waals surface area contributed by atoms with Gasteiger partial charge in [-0.1, -0.05) is 0 Å². The Bertz CT molecular complexity index is 895. The minimum absolute atomic E-state index is 0.128. The largest absolute Gasteiger partial charge is 0.416 e. The maximum Gasteiger partial charge on any atom is 0.416 e. The van der Waals surface area contributed by atoms with E-state index in [0.717, 1.165) is 44.8 Å². The first-order valence-corrected chi connectivity index (χ1v) is 12.1. The number of carbonyl (C=O) groups is 1. The lowest BCUT2D eigenvalue weighted by Gasteiger charge is -2.33. The highest BCUT2D eigenvalue weighted by molar-refractivity contribution is 7.88. The molecular weight excluding hydrogens is 438 g/mol. The first-order chi connectivity index (χ1) is 14.4. The summed E-state index contributed by atoms with van der Waals surface area (Å²) in [5.41, 5.74) is -1.55. The third-order valence-corrected chi connectivity index (χ3v) is 7.10. The topological polar surface area (TPSA) is 69.7 Å². The number of hydrogen-bond acceptors (Lipinski definition) is 4. The molecule has 0 aromatic heterocycles. The molecule has 0 radical (unpaired) electrons. The zero-order valence-corrected chi connectivity index (χ0v) is 18.1. The van der Waals surface area contributed by atoms with Crippen LogP contribution in [0.2, 0.25) is 0 Å². The number of hydrogen-bond donors (Lipinski definition) is 1. The van der Waals surface area contributed by atoms with Gasteiger partial charge in [0.15, 0.2) is 0 Å². The monoisotopic (exact) mass is 465 g/mol. The average molecular weight is 466 g/mol. The Hall–Kier alpha value is -1.72. The highest BCUT2D eigenvalue weighted by Gasteiger charge is 2.35. The minimum atomic E-state index is -4.73. The van der Waals surface area contributed by atoms with E-state index in [0.29, 0.717) is 31.8 Å². The molecule has 1 N–H and O–H groups in total. The number of halogens is 4. The third-order valence-electron chi connectivity index (χ3n) is 5.76. The molecule has 0 atom stereocenters. The van der Waals surface area contributed by atoms with Crippen LogP contribution in [0.3, 0.4) is 0 Å². The molecule has 1 aromatic rings. The van der Waals surface area contributed by atoms with Gasteiger partial charge in [-0.25, -0.2) is 12.8 Å². The summed E-state index contributed by atoms with van der Waals surface area (Å²) in [6.07, 6.45) is -0.124. The van der Waals surface area contributed by atoms with E-state index in [1.807, 2.05) is 0 Å². The maximum absolute atomic E-state index is 13.5. The number of sulfonamides is 1. The van der Waals surface area contributed by atoms with Gasteiger partial charge in [0.1, 0.15) is 5.82 Å². The van der Waals surface area contributed by atoms with Crippen LogP contribution in [-0.4, -0.2) is 68.6 Å². The predicted molar refractivity (Wildman–Crippen MR) is 107 cm³/mol. The third kappa shape index (κ3) is 6.88. The van der Waals surface area contributed by atoms with Gasteiger partial charge in [0, 0.05) is 31.2 Å². The molecule has 174 valence electrons. The molecule has 0 bridgehead atoms. The van der Waals surface area contributed by atoms with Crippen molar-refractivity contribution in [2.75, 3.05) is 39.0 Å². The van der Waals surface area contributed by atoms with Gasteiger partial charge in [-0.2, -0.15) is 17.5 Å². The fraction of sp³-hybridized carbons (Fsp3) is 0.650. The fourth-order valence-corrected chi connectivity index (χ4v) is 5.03. The Balaban J connectivity index is 1.44. The molecule has 31 heavy (non-hydrogen) atoms. The van der Waals surface area contributed by atoms with Crippen molar-refractivity contribution in [3.63, 3.8) is 0 Å². The number of benzene rings is 1. The summed E-state index contributed by atoms with van der Waals surface area (Å²) in [4.78, 5) is 14.4. The van der Waals surface area contributed by atoms with E-state index in [2.05, 4.69) is 10.2 Å². The second-order valence-corrected chi connectivity index (χ2v) is 10.3. The van der Waals surface area contributed by atoms with Gasteiger partial charge in [-0.3, -0.25) is 4.79 Å². The molecule has 1 aliphatic heterocycles. The van der Waals surface area contributed by atoms with Crippen molar-refractivity contribution >= 4 is 15.9 Å². The summed E-state index contributed by atoms with van der Waals surface area (Å²) in [5.74, 6) is -1.69. The number of amides is 1. The van der Waals surface area contributed by atoms with Crippen molar-refractivity contribution < 1.29 is 30.8 Å². The average Bonchev–Trinajstić information content (AvgIpc) is 3.50. The van der Waals surface area contributed by atoms with E-state index in [-0.39, 0.29) is 17.5 Å². The Morgan fingerprint density at radius 2 is 1.81 bits per heavy atom. The minimum Gasteiger partial charge on any atom is -0.352 e. The number of likely N-dealkylation sites (tertiary alicyclic amines) is 1. The SMILES string of the molecule is CS(=O)(=O)N(CCN1CCC(CNC(=O)c2cc(F)cc(C(F)(F)F)c2)CC1)C1CC1. The fourth-order valence-electron chi connectivity index (χ4n) is 3.86. The Morgan fingerprint density at radius 1 is 1.16 bits per heavy atom. The first kappa shape index (κ1) is 23.9. The van der Waals surface area contributed by atoms with Crippen LogP contribution >= 0.6 is 0 Å². The standard InChI is InChI=1S/C20H27F4N3O3S/c1-31(29,30)27(18-2-3-18)9-8-26-6-4-14(5-7-26)13-25-19(28)15-10-16(20(22,23)24)12-17(21)11-15/h10-12,14,18H,2-9,13H2,1H3,(H,25,28). The lowest BCUT2D eigenvalue weighted by molar-refractivity contribution is -0.137. The van der Waals surface area contributed by atoms with Gasteiger partial charge in [0.2, 0.25) is 10.0 Å². The highest BCUT2D eigenvalue weighted by Crippen LogP contribution is 2.31. The molecule has 1 amide bonds. The Kier molecular flexibility index (Phi) is 7.27. The molecule has 2 aliphatic rings. The Labute approximate surface area is 179 Å². The lowest BCUT2D eigenvalue weighted by Crippen LogP contribution is -2.43. The molecule has 1 heterocycles. The number of piperidine rings is 1. The molecule has 1 aliphatic carbocycles. The smallest absolute Gasteiger partial charge is 0.352 e. The molecule has 11 heteroatoms. The summed E-state index contributed by atoms with van der Waals surface area (Å²) >= 11 is 0. The van der Waals surface area contributed by atoms with E-state index in [4.69, 9.17) is 0 Å². The Morgan fingerprint density at radius 3 is 2.35 bits per heavy atom. The number of nitrogens with zero attached hydrogens (tertiary/aromatic N) is 2. The van der Waals surface area contributed by atoms with E-state index in [1.165, 1.54) is 6.26 Å². The van der Waals surface area contributed by atoms with Crippen LogP contribution in [0.1, 0.15) is 41.6 Å². The molecule has 1 saturated carbocycles. The van der Waals surface area contributed by atoms with Gasteiger partial charge in [0.25, 0.3) is 5.91 Å².